The average molecular weight is 176 g/mol. The Kier molecular flexibility index (Phi) is 2.99. The summed E-state index contributed by atoms with van der Waals surface area (Å²) in [6, 6.07) is -0.455. The number of rotatable bonds is 2. The van der Waals surface area contributed by atoms with Crippen LogP contribution in [0.5, 0.6) is 0 Å². The third-order valence-corrected chi connectivity index (χ3v) is 1.55. The third-order valence-electron chi connectivity index (χ3n) is 1.55. The molecule has 0 bridgehead atoms. The third kappa shape index (κ3) is 2.42. The molecule has 0 aromatic carbocycles. The summed E-state index contributed by atoms with van der Waals surface area (Å²) in [4.78, 5) is 10.4. The van der Waals surface area contributed by atoms with E-state index in [0.717, 1.165) is 0 Å². The van der Waals surface area contributed by atoms with Crippen molar-refractivity contribution >= 4 is 5.97 Å². The first kappa shape index (κ1) is 9.40. The van der Waals surface area contributed by atoms with Gasteiger partial charge in [0.25, 0.3) is 0 Å². The maximum Gasteiger partial charge on any atom is 0.302 e. The molecule has 1 aliphatic heterocycles. The van der Waals surface area contributed by atoms with E-state index in [-0.39, 0.29) is 6.61 Å². The highest BCUT2D eigenvalue weighted by Gasteiger charge is 2.30. The number of esters is 1. The molecule has 1 saturated heterocycles. The van der Waals surface area contributed by atoms with Crippen molar-refractivity contribution in [2.75, 3.05) is 6.61 Å². The van der Waals surface area contributed by atoms with Gasteiger partial charge < -0.3 is 14.9 Å². The van der Waals surface area contributed by atoms with Gasteiger partial charge in [0.15, 0.2) is 6.35 Å². The van der Waals surface area contributed by atoms with Gasteiger partial charge in [0.2, 0.25) is 0 Å². The highest BCUT2D eigenvalue weighted by molar-refractivity contribution is 5.65. The molecule has 0 spiro atoms. The van der Waals surface area contributed by atoms with E-state index in [4.69, 9.17) is 10.2 Å². The van der Waals surface area contributed by atoms with Crippen LogP contribution in [0.2, 0.25) is 0 Å². The number of carbonyl (C=O) groups is 1. The van der Waals surface area contributed by atoms with Crippen molar-refractivity contribution in [3.63, 3.8) is 0 Å². The van der Waals surface area contributed by atoms with Crippen LogP contribution in [0.4, 0.5) is 0 Å². The van der Waals surface area contributed by atoms with Crippen molar-refractivity contribution in [3.05, 3.63) is 0 Å². The second kappa shape index (κ2) is 3.81. The smallest absolute Gasteiger partial charge is 0.302 e. The van der Waals surface area contributed by atoms with Crippen molar-refractivity contribution in [1.29, 1.82) is 0 Å². The van der Waals surface area contributed by atoms with Gasteiger partial charge in [-0.1, -0.05) is 0 Å². The lowest BCUT2D eigenvalue weighted by atomic mass is 10.3. The molecule has 0 amide bonds. The summed E-state index contributed by atoms with van der Waals surface area (Å²) >= 11 is 0. The molecule has 1 fully saturated rings. The van der Waals surface area contributed by atoms with Gasteiger partial charge in [0.05, 0.1) is 6.04 Å². The first-order chi connectivity index (χ1) is 5.59. The topological polar surface area (TPSA) is 90.8 Å². The van der Waals surface area contributed by atoms with Gasteiger partial charge in [0, 0.05) is 6.92 Å². The Labute approximate surface area is 69.5 Å². The Bertz CT molecular complexity index is 175. The number of hydrogen-bond donors (Lipinski definition) is 4. The SMILES string of the molecule is CC(=O)OCC1NC(O)NC1O. The highest BCUT2D eigenvalue weighted by Crippen LogP contribution is 2.00. The molecule has 0 aromatic heterocycles. The minimum Gasteiger partial charge on any atom is -0.464 e. The Hall–Kier alpha value is -0.690. The van der Waals surface area contributed by atoms with E-state index in [2.05, 4.69) is 15.4 Å². The minimum atomic E-state index is -0.944. The second-order valence-corrected chi connectivity index (χ2v) is 2.59. The molecule has 70 valence electrons. The van der Waals surface area contributed by atoms with Gasteiger partial charge in [-0.2, -0.15) is 0 Å². The zero-order chi connectivity index (χ0) is 9.14. The first-order valence-corrected chi connectivity index (χ1v) is 3.61. The van der Waals surface area contributed by atoms with Crippen LogP contribution in [0.25, 0.3) is 0 Å². The number of carbonyl (C=O) groups excluding carboxylic acids is 1. The van der Waals surface area contributed by atoms with E-state index in [9.17, 15) is 4.79 Å². The van der Waals surface area contributed by atoms with Gasteiger partial charge in [0.1, 0.15) is 12.8 Å². The molecule has 1 heterocycles. The summed E-state index contributed by atoms with van der Waals surface area (Å²) in [7, 11) is 0. The van der Waals surface area contributed by atoms with Crippen LogP contribution in [0.15, 0.2) is 0 Å². The van der Waals surface area contributed by atoms with Crippen LogP contribution < -0.4 is 10.6 Å². The lowest BCUT2D eigenvalue weighted by Gasteiger charge is -2.12. The molecule has 0 aromatic rings. The lowest BCUT2D eigenvalue weighted by Crippen LogP contribution is -2.38. The molecule has 4 N–H and O–H groups in total. The fraction of sp³-hybridized carbons (Fsp3) is 0.833. The highest BCUT2D eigenvalue weighted by atomic mass is 16.5. The van der Waals surface area contributed by atoms with Crippen LogP contribution in [0.3, 0.4) is 0 Å². The minimum absolute atomic E-state index is 0.0422. The van der Waals surface area contributed by atoms with Crippen molar-refractivity contribution < 1.29 is 19.7 Å². The van der Waals surface area contributed by atoms with E-state index in [1.54, 1.807) is 0 Å². The zero-order valence-corrected chi connectivity index (χ0v) is 6.65. The number of hydrogen-bond acceptors (Lipinski definition) is 6. The molecule has 0 aliphatic carbocycles. The zero-order valence-electron chi connectivity index (χ0n) is 6.65. The van der Waals surface area contributed by atoms with Crippen molar-refractivity contribution in [3.8, 4) is 0 Å². The lowest BCUT2D eigenvalue weighted by molar-refractivity contribution is -0.142. The molecule has 12 heavy (non-hydrogen) atoms. The molecule has 0 saturated carbocycles. The Morgan fingerprint density at radius 3 is 2.58 bits per heavy atom. The molecular weight excluding hydrogens is 164 g/mol. The van der Waals surface area contributed by atoms with Crippen molar-refractivity contribution in [2.24, 2.45) is 0 Å². The summed E-state index contributed by atoms with van der Waals surface area (Å²) < 4.78 is 4.63. The van der Waals surface area contributed by atoms with E-state index >= 15 is 0 Å². The van der Waals surface area contributed by atoms with Gasteiger partial charge in [-0.3, -0.25) is 15.4 Å². The number of aliphatic hydroxyl groups excluding tert-OH is 2. The van der Waals surface area contributed by atoms with E-state index in [0.29, 0.717) is 0 Å². The van der Waals surface area contributed by atoms with E-state index in [1.807, 2.05) is 0 Å². The second-order valence-electron chi connectivity index (χ2n) is 2.59. The fourth-order valence-corrected chi connectivity index (χ4v) is 0.966. The van der Waals surface area contributed by atoms with Crippen LogP contribution in [-0.4, -0.2) is 41.4 Å². The molecule has 3 unspecified atom stereocenters. The molecule has 0 radical (unpaired) electrons. The normalized spacial score (nSPS) is 35.1. The van der Waals surface area contributed by atoms with Crippen LogP contribution in [-0.2, 0) is 9.53 Å². The van der Waals surface area contributed by atoms with Crippen molar-refractivity contribution in [2.45, 2.75) is 25.5 Å². The molecular formula is C6H12N2O4. The van der Waals surface area contributed by atoms with Crippen LogP contribution in [0, 0.1) is 0 Å². The predicted molar refractivity (Wildman–Crippen MR) is 38.7 cm³/mol. The predicted octanol–water partition coefficient (Wildman–Crippen LogP) is -2.29. The first-order valence-electron chi connectivity index (χ1n) is 3.61. The summed E-state index contributed by atoms with van der Waals surface area (Å²) in [5.74, 6) is -0.412. The maximum atomic E-state index is 10.4. The molecule has 3 atom stereocenters. The number of nitrogens with one attached hydrogen (secondary N) is 2. The van der Waals surface area contributed by atoms with Crippen LogP contribution in [0.1, 0.15) is 6.92 Å². The fourth-order valence-electron chi connectivity index (χ4n) is 0.966. The summed E-state index contributed by atoms with van der Waals surface area (Å²) in [6.07, 6.45) is -1.83. The maximum absolute atomic E-state index is 10.4. The van der Waals surface area contributed by atoms with Gasteiger partial charge >= 0.3 is 5.97 Å². The van der Waals surface area contributed by atoms with Gasteiger partial charge in [-0.05, 0) is 0 Å². The molecule has 6 heteroatoms. The summed E-state index contributed by atoms with van der Waals surface area (Å²) in [5.41, 5.74) is 0. The quantitative estimate of drug-likeness (QED) is 0.354. The number of aliphatic hydroxyl groups is 2. The van der Waals surface area contributed by atoms with Crippen LogP contribution >= 0.6 is 0 Å². The molecule has 1 aliphatic rings. The Morgan fingerprint density at radius 1 is 1.50 bits per heavy atom. The van der Waals surface area contributed by atoms with E-state index < -0.39 is 24.6 Å². The molecule has 6 nitrogen and oxygen atoms in total. The monoisotopic (exact) mass is 176 g/mol. The Morgan fingerprint density at radius 2 is 2.17 bits per heavy atom. The largest absolute Gasteiger partial charge is 0.464 e. The van der Waals surface area contributed by atoms with E-state index in [1.165, 1.54) is 6.92 Å². The van der Waals surface area contributed by atoms with Crippen molar-refractivity contribution in [1.82, 2.24) is 10.6 Å². The van der Waals surface area contributed by atoms with Gasteiger partial charge in [-0.15, -0.1) is 0 Å². The average Bonchev–Trinajstić information content (AvgIpc) is 2.26. The summed E-state index contributed by atoms with van der Waals surface area (Å²) in [6.45, 7) is 1.33. The van der Waals surface area contributed by atoms with Gasteiger partial charge in [-0.25, -0.2) is 0 Å². The Balaban J connectivity index is 2.28. The number of ether oxygens (including phenoxy) is 1. The molecule has 1 rings (SSSR count). The standard InChI is InChI=1S/C6H12N2O4/c1-3(9)12-2-4-5(10)8-6(11)7-4/h4-8,10-11H,2H2,1H3. The summed E-state index contributed by atoms with van der Waals surface area (Å²) in [5, 5.41) is 23.0.